The Morgan fingerprint density at radius 2 is 2.03 bits per heavy atom. The van der Waals surface area contributed by atoms with Gasteiger partial charge in [0.1, 0.15) is 5.58 Å². The minimum atomic E-state index is -0.0378. The lowest BCUT2D eigenvalue weighted by Gasteiger charge is -2.07. The van der Waals surface area contributed by atoms with Gasteiger partial charge >= 0.3 is 0 Å². The second-order valence-electron chi connectivity index (χ2n) is 6.87. The maximum atomic E-state index is 12.3. The minimum Gasteiger partial charge on any atom is -0.453 e. The van der Waals surface area contributed by atoms with Gasteiger partial charge in [0.25, 0.3) is 0 Å². The average molecular weight is 497 g/mol. The fourth-order valence-corrected chi connectivity index (χ4v) is 4.32. The fourth-order valence-electron chi connectivity index (χ4n) is 3.17. The topological polar surface area (TPSA) is 73.0 Å². The standard InChI is InChI=1S/C23H21BrN4O2S/c1-2-12-28-22(20-14-17-13-18(24)8-9-19(17)30-20)26-27-23(28)31-15-21(29)25-11-10-16-6-4-3-5-7-16/h2-9,13-14H,1,10-12,15H2,(H,25,29). The van der Waals surface area contributed by atoms with Crippen LogP contribution in [-0.2, 0) is 17.8 Å². The van der Waals surface area contributed by atoms with Crippen LogP contribution in [0.2, 0.25) is 0 Å². The molecule has 2 aromatic carbocycles. The van der Waals surface area contributed by atoms with Crippen LogP contribution in [0, 0.1) is 0 Å². The van der Waals surface area contributed by atoms with Gasteiger partial charge in [0, 0.05) is 22.9 Å². The number of halogens is 1. The number of carbonyl (C=O) groups excluding carboxylic acids is 1. The van der Waals surface area contributed by atoms with Gasteiger partial charge in [0.2, 0.25) is 11.7 Å². The number of fused-ring (bicyclic) bond motifs is 1. The molecule has 0 atom stereocenters. The second-order valence-corrected chi connectivity index (χ2v) is 8.73. The number of furan rings is 1. The third-order valence-electron chi connectivity index (χ3n) is 4.64. The molecule has 0 radical (unpaired) electrons. The number of benzene rings is 2. The number of hydrogen-bond donors (Lipinski definition) is 1. The summed E-state index contributed by atoms with van der Waals surface area (Å²) in [7, 11) is 0. The Morgan fingerprint density at radius 3 is 2.84 bits per heavy atom. The molecule has 2 heterocycles. The van der Waals surface area contributed by atoms with Crippen molar-refractivity contribution >= 4 is 44.6 Å². The van der Waals surface area contributed by atoms with E-state index in [1.54, 1.807) is 6.08 Å². The molecule has 0 fully saturated rings. The zero-order valence-corrected chi connectivity index (χ0v) is 19.2. The molecule has 2 aromatic heterocycles. The fraction of sp³-hybridized carbons (Fsp3) is 0.174. The van der Waals surface area contributed by atoms with E-state index in [4.69, 9.17) is 4.42 Å². The van der Waals surface area contributed by atoms with Crippen LogP contribution in [0.3, 0.4) is 0 Å². The Balaban J connectivity index is 1.42. The molecule has 0 bridgehead atoms. The van der Waals surface area contributed by atoms with Gasteiger partial charge in [-0.15, -0.1) is 16.8 Å². The van der Waals surface area contributed by atoms with Crippen LogP contribution >= 0.6 is 27.7 Å². The molecule has 0 aliphatic carbocycles. The number of amides is 1. The first-order chi connectivity index (χ1) is 15.1. The number of nitrogens with one attached hydrogen (secondary N) is 1. The summed E-state index contributed by atoms with van der Waals surface area (Å²) in [5, 5.41) is 13.2. The highest BCUT2D eigenvalue weighted by Gasteiger charge is 2.18. The number of hydrogen-bond acceptors (Lipinski definition) is 5. The summed E-state index contributed by atoms with van der Waals surface area (Å²) in [5.41, 5.74) is 1.97. The zero-order chi connectivity index (χ0) is 21.6. The summed E-state index contributed by atoms with van der Waals surface area (Å²) in [4.78, 5) is 12.3. The van der Waals surface area contributed by atoms with E-state index in [1.165, 1.54) is 17.3 Å². The number of rotatable bonds is 9. The number of nitrogens with zero attached hydrogens (tertiary/aromatic N) is 3. The average Bonchev–Trinajstić information content (AvgIpc) is 3.36. The molecule has 4 rings (SSSR count). The van der Waals surface area contributed by atoms with E-state index in [0.29, 0.717) is 29.8 Å². The second kappa shape index (κ2) is 9.98. The van der Waals surface area contributed by atoms with Crippen molar-refractivity contribution in [3.63, 3.8) is 0 Å². The first kappa shape index (κ1) is 21.4. The van der Waals surface area contributed by atoms with Crippen molar-refractivity contribution in [3.8, 4) is 11.6 Å². The van der Waals surface area contributed by atoms with Crippen molar-refractivity contribution in [3.05, 3.63) is 77.3 Å². The van der Waals surface area contributed by atoms with Gasteiger partial charge in [0.15, 0.2) is 10.9 Å². The molecule has 6 nitrogen and oxygen atoms in total. The van der Waals surface area contributed by atoms with Crippen molar-refractivity contribution in [1.82, 2.24) is 20.1 Å². The lowest BCUT2D eigenvalue weighted by Crippen LogP contribution is -2.27. The highest BCUT2D eigenvalue weighted by Crippen LogP contribution is 2.30. The van der Waals surface area contributed by atoms with E-state index in [9.17, 15) is 4.79 Å². The van der Waals surface area contributed by atoms with E-state index in [-0.39, 0.29) is 11.7 Å². The van der Waals surface area contributed by atoms with Crippen molar-refractivity contribution in [2.75, 3.05) is 12.3 Å². The molecule has 1 amide bonds. The molecule has 1 N–H and O–H groups in total. The molecular formula is C23H21BrN4O2S. The van der Waals surface area contributed by atoms with Gasteiger partial charge in [-0.2, -0.15) is 0 Å². The highest BCUT2D eigenvalue weighted by molar-refractivity contribution is 9.10. The highest BCUT2D eigenvalue weighted by atomic mass is 79.9. The summed E-state index contributed by atoms with van der Waals surface area (Å²) in [6.07, 6.45) is 2.58. The normalized spacial score (nSPS) is 11.0. The molecule has 158 valence electrons. The van der Waals surface area contributed by atoms with Crippen LogP contribution in [0.5, 0.6) is 0 Å². The van der Waals surface area contributed by atoms with Crippen molar-refractivity contribution in [2.24, 2.45) is 0 Å². The van der Waals surface area contributed by atoms with E-state index in [2.05, 4.69) is 50.2 Å². The largest absolute Gasteiger partial charge is 0.453 e. The third-order valence-corrected chi connectivity index (χ3v) is 6.10. The van der Waals surface area contributed by atoms with Crippen LogP contribution < -0.4 is 5.32 Å². The Morgan fingerprint density at radius 1 is 1.19 bits per heavy atom. The van der Waals surface area contributed by atoms with Gasteiger partial charge in [0.05, 0.1) is 5.75 Å². The van der Waals surface area contributed by atoms with Crippen molar-refractivity contribution in [1.29, 1.82) is 0 Å². The number of carbonyl (C=O) groups is 1. The summed E-state index contributed by atoms with van der Waals surface area (Å²) < 4.78 is 8.85. The molecule has 4 aromatic rings. The molecule has 0 saturated heterocycles. The molecule has 31 heavy (non-hydrogen) atoms. The summed E-state index contributed by atoms with van der Waals surface area (Å²) in [6.45, 7) is 4.94. The Labute approximate surface area is 192 Å². The zero-order valence-electron chi connectivity index (χ0n) is 16.8. The number of aromatic nitrogens is 3. The SMILES string of the molecule is C=CCn1c(SCC(=O)NCCc2ccccc2)nnc1-c1cc2cc(Br)ccc2o1. The van der Waals surface area contributed by atoms with Gasteiger partial charge in [-0.1, -0.05) is 64.1 Å². The summed E-state index contributed by atoms with van der Waals surface area (Å²) in [6, 6.07) is 17.9. The number of allylic oxidation sites excluding steroid dienone is 1. The molecule has 0 unspecified atom stereocenters. The van der Waals surface area contributed by atoms with E-state index < -0.39 is 0 Å². The maximum absolute atomic E-state index is 12.3. The lowest BCUT2D eigenvalue weighted by atomic mass is 10.1. The van der Waals surface area contributed by atoms with Crippen LogP contribution in [0.4, 0.5) is 0 Å². The maximum Gasteiger partial charge on any atom is 0.230 e. The van der Waals surface area contributed by atoms with Crippen LogP contribution in [0.1, 0.15) is 5.56 Å². The van der Waals surface area contributed by atoms with E-state index in [0.717, 1.165) is 21.9 Å². The molecule has 8 heteroatoms. The first-order valence-electron chi connectivity index (χ1n) is 9.81. The quantitative estimate of drug-likeness (QED) is 0.258. The minimum absolute atomic E-state index is 0.0378. The predicted molar refractivity (Wildman–Crippen MR) is 127 cm³/mol. The van der Waals surface area contributed by atoms with Crippen molar-refractivity contribution < 1.29 is 9.21 Å². The predicted octanol–water partition coefficient (Wildman–Crippen LogP) is 5.09. The van der Waals surface area contributed by atoms with Crippen LogP contribution in [-0.4, -0.2) is 33.0 Å². The van der Waals surface area contributed by atoms with Crippen LogP contribution in [0.15, 0.2) is 81.3 Å². The monoisotopic (exact) mass is 496 g/mol. The lowest BCUT2D eigenvalue weighted by molar-refractivity contribution is -0.118. The Kier molecular flexibility index (Phi) is 6.89. The first-order valence-corrected chi connectivity index (χ1v) is 11.6. The van der Waals surface area contributed by atoms with Gasteiger partial charge in [-0.25, -0.2) is 0 Å². The molecular weight excluding hydrogens is 476 g/mol. The Bertz CT molecular complexity index is 1200. The van der Waals surface area contributed by atoms with Gasteiger partial charge < -0.3 is 9.73 Å². The van der Waals surface area contributed by atoms with Crippen LogP contribution in [0.25, 0.3) is 22.6 Å². The Hall–Kier alpha value is -2.84. The van der Waals surface area contributed by atoms with Crippen molar-refractivity contribution in [2.45, 2.75) is 18.1 Å². The smallest absolute Gasteiger partial charge is 0.230 e. The summed E-state index contributed by atoms with van der Waals surface area (Å²) >= 11 is 4.82. The summed E-state index contributed by atoms with van der Waals surface area (Å²) in [5.74, 6) is 1.46. The number of thioether (sulfide) groups is 1. The molecule has 0 spiro atoms. The van der Waals surface area contributed by atoms with E-state index >= 15 is 0 Å². The molecule has 0 aliphatic heterocycles. The van der Waals surface area contributed by atoms with Gasteiger partial charge in [-0.3, -0.25) is 9.36 Å². The van der Waals surface area contributed by atoms with E-state index in [1.807, 2.05) is 47.0 Å². The molecule has 0 aliphatic rings. The van der Waals surface area contributed by atoms with Gasteiger partial charge in [-0.05, 0) is 36.2 Å². The third kappa shape index (κ3) is 5.26. The molecule has 0 saturated carbocycles.